The van der Waals surface area contributed by atoms with Crippen LogP contribution in [0.2, 0.25) is 0 Å². The highest BCUT2D eigenvalue weighted by atomic mass is 79.9. The molecule has 2 amide bonds. The molecule has 1 aromatic carbocycles. The first-order chi connectivity index (χ1) is 8.24. The topological polar surface area (TPSA) is 41.1 Å². The fourth-order valence-corrected chi connectivity index (χ4v) is 1.66. The van der Waals surface area contributed by atoms with Gasteiger partial charge in [0.2, 0.25) is 0 Å². The first kappa shape index (κ1) is 13.8. The zero-order valence-electron chi connectivity index (χ0n) is 9.87. The van der Waals surface area contributed by atoms with Gasteiger partial charge in [-0.1, -0.05) is 47.5 Å². The quantitative estimate of drug-likeness (QED) is 0.802. The minimum Gasteiger partial charge on any atom is -0.338 e. The summed E-state index contributed by atoms with van der Waals surface area (Å²) >= 11 is 3.44. The Morgan fingerprint density at radius 2 is 2.18 bits per heavy atom. The molecular weight excluding hydrogens is 280 g/mol. The number of urea groups is 1. The summed E-state index contributed by atoms with van der Waals surface area (Å²) in [6, 6.07) is 7.66. The molecule has 0 fully saturated rings. The summed E-state index contributed by atoms with van der Waals surface area (Å²) in [6.45, 7) is 2.80. The van der Waals surface area contributed by atoms with E-state index in [2.05, 4.69) is 33.5 Å². The van der Waals surface area contributed by atoms with E-state index in [0.717, 1.165) is 22.9 Å². The van der Waals surface area contributed by atoms with E-state index in [-0.39, 0.29) is 6.03 Å². The van der Waals surface area contributed by atoms with Gasteiger partial charge >= 0.3 is 6.03 Å². The Hall–Kier alpha value is -1.29. The fourth-order valence-electron chi connectivity index (χ4n) is 1.25. The minimum atomic E-state index is -0.165. The zero-order chi connectivity index (χ0) is 12.5. The van der Waals surface area contributed by atoms with Crippen LogP contribution in [0.1, 0.15) is 25.3 Å². The van der Waals surface area contributed by atoms with E-state index in [4.69, 9.17) is 0 Å². The molecule has 0 spiro atoms. The lowest BCUT2D eigenvalue weighted by molar-refractivity contribution is 0.244. The highest BCUT2D eigenvalue weighted by molar-refractivity contribution is 9.10. The maximum atomic E-state index is 11.3. The maximum Gasteiger partial charge on any atom is 0.318 e. The van der Waals surface area contributed by atoms with E-state index in [9.17, 15) is 4.79 Å². The lowest BCUT2D eigenvalue weighted by Crippen LogP contribution is -2.32. The normalized spacial score (nSPS) is 10.5. The molecule has 2 N–H and O–H groups in total. The van der Waals surface area contributed by atoms with E-state index < -0.39 is 0 Å². The molecule has 0 unspecified atom stereocenters. The molecule has 0 aliphatic heterocycles. The number of hydrogen-bond acceptors (Lipinski definition) is 1. The van der Waals surface area contributed by atoms with Gasteiger partial charge in [-0.2, -0.15) is 0 Å². The second kappa shape index (κ2) is 7.90. The fraction of sp³-hybridized carbons (Fsp3) is 0.308. The molecule has 17 heavy (non-hydrogen) atoms. The monoisotopic (exact) mass is 296 g/mol. The molecule has 3 nitrogen and oxygen atoms in total. The van der Waals surface area contributed by atoms with Crippen molar-refractivity contribution in [1.82, 2.24) is 10.6 Å². The Balaban J connectivity index is 2.35. The number of carbonyl (C=O) groups excluding carboxylic acids is 1. The molecule has 1 aromatic rings. The van der Waals surface area contributed by atoms with Crippen molar-refractivity contribution in [3.05, 3.63) is 40.5 Å². The van der Waals surface area contributed by atoms with Gasteiger partial charge in [-0.15, -0.1) is 0 Å². The van der Waals surface area contributed by atoms with Crippen molar-refractivity contribution >= 4 is 28.0 Å². The van der Waals surface area contributed by atoms with Gasteiger partial charge in [-0.3, -0.25) is 0 Å². The van der Waals surface area contributed by atoms with Crippen LogP contribution >= 0.6 is 15.9 Å². The van der Waals surface area contributed by atoms with Gasteiger partial charge < -0.3 is 10.6 Å². The number of nitrogens with one attached hydrogen (secondary N) is 2. The van der Waals surface area contributed by atoms with Crippen LogP contribution in [0.4, 0.5) is 4.79 Å². The summed E-state index contributed by atoms with van der Waals surface area (Å²) in [5.41, 5.74) is 1.03. The largest absolute Gasteiger partial charge is 0.338 e. The van der Waals surface area contributed by atoms with E-state index >= 15 is 0 Å². The summed E-state index contributed by atoms with van der Waals surface area (Å²) in [5.74, 6) is 0. The van der Waals surface area contributed by atoms with Crippen molar-refractivity contribution < 1.29 is 4.79 Å². The van der Waals surface area contributed by atoms with Gasteiger partial charge in [0, 0.05) is 17.2 Å². The van der Waals surface area contributed by atoms with E-state index in [1.807, 2.05) is 30.3 Å². The van der Waals surface area contributed by atoms with Gasteiger partial charge in [0.15, 0.2) is 0 Å². The van der Waals surface area contributed by atoms with Crippen molar-refractivity contribution in [2.45, 2.75) is 19.8 Å². The molecule has 0 saturated carbocycles. The van der Waals surface area contributed by atoms with Crippen molar-refractivity contribution in [3.63, 3.8) is 0 Å². The van der Waals surface area contributed by atoms with Crippen LogP contribution in [-0.2, 0) is 0 Å². The Bertz CT molecular complexity index is 391. The van der Waals surface area contributed by atoms with Crippen LogP contribution in [0, 0.1) is 0 Å². The van der Waals surface area contributed by atoms with E-state index in [0.29, 0.717) is 6.54 Å². The van der Waals surface area contributed by atoms with Crippen LogP contribution < -0.4 is 10.6 Å². The highest BCUT2D eigenvalue weighted by Gasteiger charge is 1.95. The first-order valence-corrected chi connectivity index (χ1v) is 6.48. The molecule has 0 aliphatic rings. The van der Waals surface area contributed by atoms with Crippen LogP contribution in [0.15, 0.2) is 34.9 Å². The predicted molar refractivity (Wildman–Crippen MR) is 74.6 cm³/mol. The average Bonchev–Trinajstić information content (AvgIpc) is 2.32. The van der Waals surface area contributed by atoms with Crippen molar-refractivity contribution in [2.24, 2.45) is 0 Å². The zero-order valence-corrected chi connectivity index (χ0v) is 11.5. The molecule has 92 valence electrons. The van der Waals surface area contributed by atoms with E-state index in [1.165, 1.54) is 0 Å². The lowest BCUT2D eigenvalue weighted by Gasteiger charge is -2.03. The number of carbonyl (C=O) groups is 1. The summed E-state index contributed by atoms with van der Waals surface area (Å²) in [7, 11) is 0. The second-order valence-electron chi connectivity index (χ2n) is 3.61. The molecule has 0 aromatic heterocycles. The van der Waals surface area contributed by atoms with Crippen molar-refractivity contribution in [2.75, 3.05) is 6.54 Å². The first-order valence-electron chi connectivity index (χ1n) is 5.69. The number of hydrogen-bond donors (Lipinski definition) is 2. The third-order valence-electron chi connectivity index (χ3n) is 2.20. The number of rotatable bonds is 5. The number of benzene rings is 1. The summed E-state index contributed by atoms with van der Waals surface area (Å²) < 4.78 is 1.00. The van der Waals surface area contributed by atoms with Gasteiger partial charge in [0.05, 0.1) is 0 Å². The molecule has 1 rings (SSSR count). The average molecular weight is 297 g/mol. The van der Waals surface area contributed by atoms with Gasteiger partial charge in [0.25, 0.3) is 0 Å². The molecule has 4 heteroatoms. The smallest absolute Gasteiger partial charge is 0.318 e. The SMILES string of the molecule is CCCCNC(=O)N/C=C/c1ccccc1Br. The summed E-state index contributed by atoms with van der Waals surface area (Å²) in [6.07, 6.45) is 5.57. The number of unbranched alkanes of at least 4 members (excludes halogenated alkanes) is 1. The Kier molecular flexibility index (Phi) is 6.40. The van der Waals surface area contributed by atoms with Crippen molar-refractivity contribution in [3.8, 4) is 0 Å². The van der Waals surface area contributed by atoms with E-state index in [1.54, 1.807) is 6.20 Å². The summed E-state index contributed by atoms with van der Waals surface area (Å²) in [5, 5.41) is 5.44. The predicted octanol–water partition coefficient (Wildman–Crippen LogP) is 3.52. The number of halogens is 1. The summed E-state index contributed by atoms with van der Waals surface area (Å²) in [4.78, 5) is 11.3. The van der Waals surface area contributed by atoms with Crippen LogP contribution in [0.25, 0.3) is 6.08 Å². The maximum absolute atomic E-state index is 11.3. The van der Waals surface area contributed by atoms with Crippen LogP contribution in [-0.4, -0.2) is 12.6 Å². The second-order valence-corrected chi connectivity index (χ2v) is 4.46. The molecule has 0 atom stereocenters. The van der Waals surface area contributed by atoms with Gasteiger partial charge in [-0.25, -0.2) is 4.79 Å². The molecule has 0 bridgehead atoms. The molecule has 0 aliphatic carbocycles. The molecule has 0 saturated heterocycles. The van der Waals surface area contributed by atoms with Gasteiger partial charge in [-0.05, 0) is 24.1 Å². The van der Waals surface area contributed by atoms with Gasteiger partial charge in [0.1, 0.15) is 0 Å². The Labute approximate surface area is 110 Å². The van der Waals surface area contributed by atoms with Crippen molar-refractivity contribution in [1.29, 1.82) is 0 Å². The molecular formula is C13H17BrN2O. The Morgan fingerprint density at radius 3 is 2.88 bits per heavy atom. The third-order valence-corrected chi connectivity index (χ3v) is 2.92. The number of amides is 2. The lowest BCUT2D eigenvalue weighted by atomic mass is 10.2. The van der Waals surface area contributed by atoms with Crippen LogP contribution in [0.3, 0.4) is 0 Å². The van der Waals surface area contributed by atoms with Crippen LogP contribution in [0.5, 0.6) is 0 Å². The Morgan fingerprint density at radius 1 is 1.41 bits per heavy atom. The third kappa shape index (κ3) is 5.54. The molecule has 0 heterocycles. The molecule has 0 radical (unpaired) electrons. The highest BCUT2D eigenvalue weighted by Crippen LogP contribution is 2.16. The minimum absolute atomic E-state index is 0.165. The standard InChI is InChI=1S/C13H17BrN2O/c1-2-3-9-15-13(17)16-10-8-11-6-4-5-7-12(11)14/h4-8,10H,2-3,9H2,1H3,(H2,15,16,17)/b10-8+.